The predicted molar refractivity (Wildman–Crippen MR) is 70.9 cm³/mol. The van der Waals surface area contributed by atoms with Crippen molar-refractivity contribution in [3.05, 3.63) is 29.8 Å². The van der Waals surface area contributed by atoms with Crippen LogP contribution in [0.15, 0.2) is 24.3 Å². The van der Waals surface area contributed by atoms with Gasteiger partial charge in [-0.3, -0.25) is 4.79 Å². The van der Waals surface area contributed by atoms with E-state index in [2.05, 4.69) is 4.74 Å². The molecular formula is C14H15F2NO5. The molecule has 8 heteroatoms. The number of carbonyl (C=O) groups is 2. The predicted octanol–water partition coefficient (Wildman–Crippen LogP) is 1.60. The van der Waals surface area contributed by atoms with Gasteiger partial charge in [-0.15, -0.1) is 0 Å². The van der Waals surface area contributed by atoms with Crippen molar-refractivity contribution >= 4 is 11.9 Å². The number of carboxylic acids is 1. The molecule has 0 radical (unpaired) electrons. The van der Waals surface area contributed by atoms with Gasteiger partial charge in [-0.25, -0.2) is 4.79 Å². The third-order valence-electron chi connectivity index (χ3n) is 3.15. The van der Waals surface area contributed by atoms with Crippen molar-refractivity contribution < 1.29 is 33.0 Å². The second-order valence-electron chi connectivity index (χ2n) is 4.89. The zero-order valence-electron chi connectivity index (χ0n) is 11.7. The molecule has 120 valence electrons. The summed E-state index contributed by atoms with van der Waals surface area (Å²) in [5.41, 5.74) is 0.264. The molecule has 0 aliphatic carbocycles. The molecule has 0 spiro atoms. The Balaban J connectivity index is 2.08. The number of aliphatic carboxylic acids is 1. The maximum atomic E-state index is 12.3. The van der Waals surface area contributed by atoms with E-state index in [1.807, 2.05) is 0 Å². The van der Waals surface area contributed by atoms with Gasteiger partial charge in [0, 0.05) is 12.1 Å². The van der Waals surface area contributed by atoms with Crippen LogP contribution in [0.4, 0.5) is 8.78 Å². The van der Waals surface area contributed by atoms with Crippen LogP contribution in [0.5, 0.6) is 5.75 Å². The molecule has 1 amide bonds. The second-order valence-corrected chi connectivity index (χ2v) is 4.89. The molecule has 0 aromatic heterocycles. The van der Waals surface area contributed by atoms with Crippen LogP contribution in [0, 0.1) is 0 Å². The minimum Gasteiger partial charge on any atom is -0.479 e. The highest BCUT2D eigenvalue weighted by molar-refractivity contribution is 5.94. The normalized spacial score (nSPS) is 21.7. The van der Waals surface area contributed by atoms with Gasteiger partial charge in [0.15, 0.2) is 6.10 Å². The van der Waals surface area contributed by atoms with E-state index in [1.165, 1.54) is 29.2 Å². The van der Waals surface area contributed by atoms with Crippen molar-refractivity contribution in [2.45, 2.75) is 25.7 Å². The summed E-state index contributed by atoms with van der Waals surface area (Å²) in [5, 5.41) is 9.00. The number of hydrogen-bond donors (Lipinski definition) is 1. The van der Waals surface area contributed by atoms with Gasteiger partial charge in [0.2, 0.25) is 0 Å². The van der Waals surface area contributed by atoms with Crippen LogP contribution in [0.3, 0.4) is 0 Å². The molecule has 1 aliphatic heterocycles. The largest absolute Gasteiger partial charge is 0.479 e. The average molecular weight is 315 g/mol. The number of carboxylic acid groups (broad SMARTS) is 1. The number of rotatable bonds is 4. The molecule has 0 saturated carbocycles. The van der Waals surface area contributed by atoms with E-state index in [0.717, 1.165) is 0 Å². The van der Waals surface area contributed by atoms with E-state index in [1.54, 1.807) is 6.92 Å². The van der Waals surface area contributed by atoms with E-state index in [4.69, 9.17) is 9.84 Å². The van der Waals surface area contributed by atoms with E-state index in [-0.39, 0.29) is 30.3 Å². The van der Waals surface area contributed by atoms with E-state index >= 15 is 0 Å². The van der Waals surface area contributed by atoms with Gasteiger partial charge in [-0.2, -0.15) is 8.78 Å². The Hall–Kier alpha value is -2.22. The summed E-state index contributed by atoms with van der Waals surface area (Å²) in [7, 11) is 0. The maximum absolute atomic E-state index is 12.3. The fraction of sp³-hybridized carbons (Fsp3) is 0.429. The first-order valence-corrected chi connectivity index (χ1v) is 6.59. The molecule has 1 heterocycles. The van der Waals surface area contributed by atoms with Crippen LogP contribution in [0.25, 0.3) is 0 Å². The summed E-state index contributed by atoms with van der Waals surface area (Å²) in [6.45, 7) is -1.06. The lowest BCUT2D eigenvalue weighted by Crippen LogP contribution is -2.51. The monoisotopic (exact) mass is 315 g/mol. The lowest BCUT2D eigenvalue weighted by atomic mass is 10.1. The Bertz CT molecular complexity index is 549. The summed E-state index contributed by atoms with van der Waals surface area (Å²) in [4.78, 5) is 24.7. The Morgan fingerprint density at radius 1 is 1.32 bits per heavy atom. The van der Waals surface area contributed by atoms with Crippen LogP contribution < -0.4 is 4.74 Å². The average Bonchev–Trinajstić information content (AvgIpc) is 2.46. The molecule has 2 rings (SSSR count). The topological polar surface area (TPSA) is 76.1 Å². The molecular weight excluding hydrogens is 300 g/mol. The van der Waals surface area contributed by atoms with Crippen LogP contribution in [-0.2, 0) is 9.53 Å². The first-order valence-electron chi connectivity index (χ1n) is 6.59. The third kappa shape index (κ3) is 3.91. The van der Waals surface area contributed by atoms with Crippen LogP contribution in [0.2, 0.25) is 0 Å². The zero-order chi connectivity index (χ0) is 16.3. The van der Waals surface area contributed by atoms with Crippen molar-refractivity contribution in [2.24, 2.45) is 0 Å². The molecule has 1 N–H and O–H groups in total. The standard InChI is InChI=1S/C14H15F2NO5/c1-8-6-17(7-11(21-8)13(19)20)12(18)9-2-4-10(5-3-9)22-14(15)16/h2-5,8,11,14H,6-7H2,1H3,(H,19,20)/t8-,11?/m1/s1. The zero-order valence-corrected chi connectivity index (χ0v) is 11.7. The van der Waals surface area contributed by atoms with E-state index in [9.17, 15) is 18.4 Å². The first-order chi connectivity index (χ1) is 10.4. The number of morpholine rings is 1. The molecule has 1 aromatic rings. The number of hydrogen-bond acceptors (Lipinski definition) is 4. The lowest BCUT2D eigenvalue weighted by molar-refractivity contribution is -0.160. The number of alkyl halides is 2. The number of ether oxygens (including phenoxy) is 2. The molecule has 22 heavy (non-hydrogen) atoms. The molecule has 0 bridgehead atoms. The van der Waals surface area contributed by atoms with Gasteiger partial charge in [0.1, 0.15) is 5.75 Å². The molecule has 1 fully saturated rings. The minimum absolute atomic E-state index is 0.0506. The summed E-state index contributed by atoms with van der Waals surface area (Å²) in [5.74, 6) is -1.57. The van der Waals surface area contributed by atoms with Crippen molar-refractivity contribution in [2.75, 3.05) is 13.1 Å². The van der Waals surface area contributed by atoms with Crippen LogP contribution in [-0.4, -0.2) is 53.8 Å². The van der Waals surface area contributed by atoms with Crippen LogP contribution >= 0.6 is 0 Å². The number of carbonyl (C=O) groups excluding carboxylic acids is 1. The summed E-state index contributed by atoms with van der Waals surface area (Å²) in [6.07, 6.45) is -1.48. The van der Waals surface area contributed by atoms with Gasteiger partial charge >= 0.3 is 12.6 Å². The highest BCUT2D eigenvalue weighted by Crippen LogP contribution is 2.18. The van der Waals surface area contributed by atoms with Gasteiger partial charge < -0.3 is 19.5 Å². The van der Waals surface area contributed by atoms with Gasteiger partial charge in [0.05, 0.1) is 12.6 Å². The lowest BCUT2D eigenvalue weighted by Gasteiger charge is -2.35. The van der Waals surface area contributed by atoms with Crippen molar-refractivity contribution in [1.82, 2.24) is 4.90 Å². The summed E-state index contributed by atoms with van der Waals surface area (Å²) in [6, 6.07) is 5.24. The highest BCUT2D eigenvalue weighted by atomic mass is 19.3. The molecule has 1 saturated heterocycles. The summed E-state index contributed by atoms with van der Waals surface area (Å²) < 4.78 is 33.6. The van der Waals surface area contributed by atoms with Crippen molar-refractivity contribution in [3.63, 3.8) is 0 Å². The number of halogens is 2. The molecule has 6 nitrogen and oxygen atoms in total. The fourth-order valence-electron chi connectivity index (χ4n) is 2.22. The Morgan fingerprint density at radius 2 is 1.95 bits per heavy atom. The van der Waals surface area contributed by atoms with Crippen molar-refractivity contribution in [3.8, 4) is 5.75 Å². The number of benzene rings is 1. The number of amides is 1. The Morgan fingerprint density at radius 3 is 2.50 bits per heavy atom. The van der Waals surface area contributed by atoms with Crippen LogP contribution in [0.1, 0.15) is 17.3 Å². The van der Waals surface area contributed by atoms with Gasteiger partial charge in [-0.05, 0) is 31.2 Å². The number of nitrogens with zero attached hydrogens (tertiary/aromatic N) is 1. The minimum atomic E-state index is -2.93. The smallest absolute Gasteiger partial charge is 0.387 e. The quantitative estimate of drug-likeness (QED) is 0.913. The van der Waals surface area contributed by atoms with Crippen molar-refractivity contribution in [1.29, 1.82) is 0 Å². The Kier molecular flexibility index (Phi) is 4.92. The van der Waals surface area contributed by atoms with E-state index < -0.39 is 24.8 Å². The highest BCUT2D eigenvalue weighted by Gasteiger charge is 2.32. The SMILES string of the molecule is C[C@@H]1CN(C(=O)c2ccc(OC(F)F)cc2)CC(C(=O)O)O1. The van der Waals surface area contributed by atoms with Gasteiger partial charge in [0.25, 0.3) is 5.91 Å². The van der Waals surface area contributed by atoms with E-state index in [0.29, 0.717) is 0 Å². The summed E-state index contributed by atoms with van der Waals surface area (Å²) >= 11 is 0. The maximum Gasteiger partial charge on any atom is 0.387 e. The first kappa shape index (κ1) is 16.2. The molecule has 1 aromatic carbocycles. The third-order valence-corrected chi connectivity index (χ3v) is 3.15. The van der Waals surface area contributed by atoms with Gasteiger partial charge in [-0.1, -0.05) is 0 Å². The molecule has 1 unspecified atom stereocenters. The molecule has 2 atom stereocenters. The fourth-order valence-corrected chi connectivity index (χ4v) is 2.22. The molecule has 1 aliphatic rings. The second kappa shape index (κ2) is 6.69. The Labute approximate surface area is 125 Å².